The number of aryl methyl sites for hydroxylation is 1. The van der Waals surface area contributed by atoms with Crippen LogP contribution in [0.25, 0.3) is 5.69 Å². The fourth-order valence-corrected chi connectivity index (χ4v) is 2.24. The third-order valence-electron chi connectivity index (χ3n) is 3.42. The summed E-state index contributed by atoms with van der Waals surface area (Å²) in [6, 6.07) is 13.0. The number of nitrogens with two attached hydrogens (primary N) is 1. The summed E-state index contributed by atoms with van der Waals surface area (Å²) < 4.78 is 14.6. The molecule has 0 aliphatic rings. The molecular formula is C17H14FN3O. The molecule has 0 fully saturated rings. The second kappa shape index (κ2) is 5.44. The van der Waals surface area contributed by atoms with Crippen molar-refractivity contribution in [3.05, 3.63) is 77.4 Å². The Balaban J connectivity index is 2.07. The van der Waals surface area contributed by atoms with E-state index in [0.29, 0.717) is 16.9 Å². The van der Waals surface area contributed by atoms with Crippen LogP contribution in [0.15, 0.2) is 54.7 Å². The van der Waals surface area contributed by atoms with Crippen LogP contribution in [0.3, 0.4) is 0 Å². The van der Waals surface area contributed by atoms with E-state index in [-0.39, 0.29) is 17.5 Å². The lowest BCUT2D eigenvalue weighted by Gasteiger charge is -2.09. The number of benzene rings is 2. The normalized spacial score (nSPS) is 10.6. The number of nitrogen functional groups attached to an aromatic ring is 1. The minimum atomic E-state index is -0.353. The number of anilines is 1. The van der Waals surface area contributed by atoms with Gasteiger partial charge in [0, 0.05) is 11.3 Å². The highest BCUT2D eigenvalue weighted by molar-refractivity contribution is 6.08. The van der Waals surface area contributed by atoms with E-state index in [1.807, 2.05) is 19.1 Å². The van der Waals surface area contributed by atoms with Gasteiger partial charge in [0.05, 0.1) is 6.20 Å². The van der Waals surface area contributed by atoms with E-state index >= 15 is 0 Å². The third kappa shape index (κ3) is 2.48. The number of nitrogens with zero attached hydrogens (tertiary/aromatic N) is 2. The first-order valence-electron chi connectivity index (χ1n) is 6.77. The van der Waals surface area contributed by atoms with Gasteiger partial charge in [-0.25, -0.2) is 9.37 Å². The molecule has 1 aromatic heterocycles. The van der Waals surface area contributed by atoms with E-state index in [1.165, 1.54) is 22.9 Å². The van der Waals surface area contributed by atoms with Crippen molar-refractivity contribution in [2.75, 3.05) is 5.73 Å². The van der Waals surface area contributed by atoms with Crippen LogP contribution in [0.1, 0.15) is 21.6 Å². The van der Waals surface area contributed by atoms with Crippen molar-refractivity contribution in [2.24, 2.45) is 0 Å². The van der Waals surface area contributed by atoms with Crippen LogP contribution in [-0.2, 0) is 0 Å². The molecule has 2 aromatic carbocycles. The molecular weight excluding hydrogens is 281 g/mol. The number of hydrogen-bond donors (Lipinski definition) is 1. The zero-order valence-electron chi connectivity index (χ0n) is 12.0. The summed E-state index contributed by atoms with van der Waals surface area (Å²) in [7, 11) is 0. The Kier molecular flexibility index (Phi) is 3.47. The Morgan fingerprint density at radius 2 is 1.73 bits per heavy atom. The first-order chi connectivity index (χ1) is 10.6. The number of ketones is 1. The number of carbonyl (C=O) groups is 1. The second-order valence-electron chi connectivity index (χ2n) is 5.01. The van der Waals surface area contributed by atoms with Crippen molar-refractivity contribution in [1.29, 1.82) is 0 Å². The van der Waals surface area contributed by atoms with Gasteiger partial charge in [-0.1, -0.05) is 29.8 Å². The summed E-state index contributed by atoms with van der Waals surface area (Å²) in [6.07, 6.45) is 1.43. The van der Waals surface area contributed by atoms with Crippen LogP contribution in [0, 0.1) is 12.7 Å². The van der Waals surface area contributed by atoms with Gasteiger partial charge in [-0.15, -0.1) is 0 Å². The van der Waals surface area contributed by atoms with Crippen LogP contribution in [0.4, 0.5) is 10.3 Å². The zero-order chi connectivity index (χ0) is 15.7. The maximum atomic E-state index is 13.1. The number of aromatic nitrogens is 2. The molecule has 5 heteroatoms. The van der Waals surface area contributed by atoms with Crippen molar-refractivity contribution < 1.29 is 9.18 Å². The van der Waals surface area contributed by atoms with E-state index in [9.17, 15) is 9.18 Å². The van der Waals surface area contributed by atoms with Crippen LogP contribution >= 0.6 is 0 Å². The van der Waals surface area contributed by atoms with E-state index in [1.54, 1.807) is 24.3 Å². The van der Waals surface area contributed by atoms with Gasteiger partial charge in [0.2, 0.25) is 11.7 Å². The molecule has 3 aromatic rings. The molecule has 110 valence electrons. The molecule has 0 aliphatic carbocycles. The third-order valence-corrected chi connectivity index (χ3v) is 3.42. The minimum Gasteiger partial charge on any atom is -0.369 e. The maximum absolute atomic E-state index is 13.1. The van der Waals surface area contributed by atoms with Crippen LogP contribution < -0.4 is 5.73 Å². The van der Waals surface area contributed by atoms with Crippen LogP contribution in [-0.4, -0.2) is 15.3 Å². The molecule has 0 saturated heterocycles. The molecule has 3 rings (SSSR count). The summed E-state index contributed by atoms with van der Waals surface area (Å²) in [6.45, 7) is 1.95. The Morgan fingerprint density at radius 3 is 2.36 bits per heavy atom. The SMILES string of the molecule is Cc1ccc(C(=O)c2cnc(N)n2-c2ccc(F)cc2)cc1. The van der Waals surface area contributed by atoms with E-state index < -0.39 is 0 Å². The molecule has 4 nitrogen and oxygen atoms in total. The average Bonchev–Trinajstić information content (AvgIpc) is 2.90. The van der Waals surface area contributed by atoms with Crippen LogP contribution in [0.2, 0.25) is 0 Å². The van der Waals surface area contributed by atoms with Gasteiger partial charge in [-0.3, -0.25) is 9.36 Å². The lowest BCUT2D eigenvalue weighted by atomic mass is 10.1. The minimum absolute atomic E-state index is 0.182. The summed E-state index contributed by atoms with van der Waals surface area (Å²) in [5.74, 6) is -0.357. The predicted octanol–water partition coefficient (Wildman–Crippen LogP) is 3.13. The van der Waals surface area contributed by atoms with Crippen molar-refractivity contribution in [3.63, 3.8) is 0 Å². The first-order valence-corrected chi connectivity index (χ1v) is 6.77. The van der Waals surface area contributed by atoms with Gasteiger partial charge >= 0.3 is 0 Å². The molecule has 1 heterocycles. The van der Waals surface area contributed by atoms with Crippen molar-refractivity contribution in [2.45, 2.75) is 6.92 Å². The van der Waals surface area contributed by atoms with E-state index in [2.05, 4.69) is 4.98 Å². The highest BCUT2D eigenvalue weighted by Crippen LogP contribution is 2.20. The van der Waals surface area contributed by atoms with Crippen molar-refractivity contribution >= 4 is 11.7 Å². The Morgan fingerprint density at radius 1 is 1.09 bits per heavy atom. The van der Waals surface area contributed by atoms with Gasteiger partial charge in [-0.05, 0) is 31.2 Å². The average molecular weight is 295 g/mol. The summed E-state index contributed by atoms with van der Waals surface area (Å²) in [5, 5.41) is 0. The fraction of sp³-hybridized carbons (Fsp3) is 0.0588. The molecule has 0 radical (unpaired) electrons. The second-order valence-corrected chi connectivity index (χ2v) is 5.01. The first kappa shape index (κ1) is 14.0. The summed E-state index contributed by atoms with van der Waals surface area (Å²) in [5.41, 5.74) is 8.41. The zero-order valence-corrected chi connectivity index (χ0v) is 12.0. The molecule has 0 atom stereocenters. The van der Waals surface area contributed by atoms with Gasteiger partial charge in [0.15, 0.2) is 0 Å². The molecule has 22 heavy (non-hydrogen) atoms. The molecule has 0 spiro atoms. The smallest absolute Gasteiger partial charge is 0.211 e. The van der Waals surface area contributed by atoms with Crippen molar-refractivity contribution in [1.82, 2.24) is 9.55 Å². The van der Waals surface area contributed by atoms with Crippen molar-refractivity contribution in [3.8, 4) is 5.69 Å². The standard InChI is InChI=1S/C17H14FN3O/c1-11-2-4-12(5-3-11)16(22)15-10-20-17(19)21(15)14-8-6-13(18)7-9-14/h2-10H,1H3,(H2,19,20). The number of halogens is 1. The Labute approximate surface area is 127 Å². The van der Waals surface area contributed by atoms with Crippen LogP contribution in [0.5, 0.6) is 0 Å². The van der Waals surface area contributed by atoms with Gasteiger partial charge in [0.25, 0.3) is 0 Å². The molecule has 2 N–H and O–H groups in total. The molecule has 0 unspecified atom stereocenters. The molecule has 0 bridgehead atoms. The van der Waals surface area contributed by atoms with Gasteiger partial charge in [0.1, 0.15) is 11.5 Å². The van der Waals surface area contributed by atoms with Gasteiger partial charge in [-0.2, -0.15) is 0 Å². The Bertz CT molecular complexity index is 820. The topological polar surface area (TPSA) is 60.9 Å². The lowest BCUT2D eigenvalue weighted by molar-refractivity contribution is 0.103. The molecule has 0 aliphatic heterocycles. The fourth-order valence-electron chi connectivity index (χ4n) is 2.24. The largest absolute Gasteiger partial charge is 0.369 e. The molecule has 0 amide bonds. The Hall–Kier alpha value is -2.95. The summed E-state index contributed by atoms with van der Waals surface area (Å²) in [4.78, 5) is 16.6. The number of hydrogen-bond acceptors (Lipinski definition) is 3. The summed E-state index contributed by atoms with van der Waals surface area (Å²) >= 11 is 0. The highest BCUT2D eigenvalue weighted by Gasteiger charge is 2.18. The highest BCUT2D eigenvalue weighted by atomic mass is 19.1. The monoisotopic (exact) mass is 295 g/mol. The van der Waals surface area contributed by atoms with Gasteiger partial charge < -0.3 is 5.73 Å². The lowest BCUT2D eigenvalue weighted by Crippen LogP contribution is -2.11. The molecule has 0 saturated carbocycles. The predicted molar refractivity (Wildman–Crippen MR) is 82.5 cm³/mol. The van der Waals surface area contributed by atoms with E-state index in [4.69, 9.17) is 5.73 Å². The quantitative estimate of drug-likeness (QED) is 0.755. The number of imidazole rings is 1. The number of carbonyl (C=O) groups excluding carboxylic acids is 1. The maximum Gasteiger partial charge on any atom is 0.211 e. The number of rotatable bonds is 3. The van der Waals surface area contributed by atoms with E-state index in [0.717, 1.165) is 5.56 Å².